The second kappa shape index (κ2) is 28.0. The Hall–Kier alpha value is -7.30. The van der Waals surface area contributed by atoms with Crippen LogP contribution in [0.15, 0.2) is 138 Å². The van der Waals surface area contributed by atoms with Gasteiger partial charge < -0.3 is 19.5 Å². The van der Waals surface area contributed by atoms with E-state index in [9.17, 15) is 65.9 Å². The molecular weight excluding hydrogens is 1230 g/mol. The lowest BCUT2D eigenvalue weighted by Crippen LogP contribution is -2.32. The van der Waals surface area contributed by atoms with Crippen LogP contribution in [0.4, 0.5) is 70.2 Å². The van der Waals surface area contributed by atoms with E-state index in [4.69, 9.17) is 10.0 Å². The van der Waals surface area contributed by atoms with Gasteiger partial charge >= 0.3 is 19.3 Å². The van der Waals surface area contributed by atoms with Gasteiger partial charge in [-0.3, -0.25) is 0 Å². The number of rotatable bonds is 12. The van der Waals surface area contributed by atoms with E-state index in [0.717, 1.165) is 29.5 Å². The van der Waals surface area contributed by atoms with Gasteiger partial charge in [-0.05, 0) is 113 Å². The van der Waals surface area contributed by atoms with Crippen molar-refractivity contribution < 1.29 is 89.8 Å². The van der Waals surface area contributed by atoms with Crippen molar-refractivity contribution in [3.63, 3.8) is 0 Å². The molecule has 2 fully saturated rings. The van der Waals surface area contributed by atoms with Gasteiger partial charge in [0.2, 0.25) is 0 Å². The number of hydrogen-bond acceptors (Lipinski definition) is 4. The number of alkyl halides is 4. The van der Waals surface area contributed by atoms with Crippen LogP contribution in [0.1, 0.15) is 111 Å². The first-order valence-corrected chi connectivity index (χ1v) is 27.8. The first-order valence-electron chi connectivity index (χ1n) is 27.0. The number of hydrogen-bond donors (Lipinski definition) is 2. The van der Waals surface area contributed by atoms with Crippen LogP contribution in [0.5, 0.6) is 11.5 Å². The average Bonchev–Trinajstić information content (AvgIpc) is 1.58. The lowest BCUT2D eigenvalue weighted by molar-refractivity contribution is -0.190. The van der Waals surface area contributed by atoms with E-state index >= 15 is 4.39 Å². The molecule has 0 heterocycles. The summed E-state index contributed by atoms with van der Waals surface area (Å²) < 4.78 is 229. The standard InChI is InChI=1S/C32H24F8O.C19H22BFO2.C13H4BrF7O/c33-25-13-21(20-9-7-19(8-10-20)18-5-3-1-2-4-6-18)11-12-24(25)22-14-26(34)30(27(35)15-22)32(39,40)41-23-16-28(36)31(38)29(37)17-23;21-19-13-17(11-12-18(19)20(22)23)16-9-7-15(8-10-16)14-5-3-1-2-4-6-14;14-5-1-7(15)11(8(16)2-5)13(20,21)22-6-3-9(17)12(19)10(18)4-6/h7-18H,1-6H2;7-14,22-23H,1-6H2;1-4H. The van der Waals surface area contributed by atoms with Gasteiger partial charge in [0.1, 0.15) is 57.5 Å². The fourth-order valence-corrected chi connectivity index (χ4v) is 10.8. The molecule has 0 bridgehead atoms. The smallest absolute Gasteiger partial charge is 0.429 e. The van der Waals surface area contributed by atoms with Crippen molar-refractivity contribution in [2.24, 2.45) is 0 Å². The summed E-state index contributed by atoms with van der Waals surface area (Å²) in [7, 11) is -1.78. The van der Waals surface area contributed by atoms with Crippen LogP contribution in [-0.2, 0) is 12.2 Å². The molecule has 22 heteroatoms. The van der Waals surface area contributed by atoms with Crippen LogP contribution in [0.25, 0.3) is 33.4 Å². The van der Waals surface area contributed by atoms with Gasteiger partial charge in [0.25, 0.3) is 0 Å². The highest BCUT2D eigenvalue weighted by molar-refractivity contribution is 9.10. The summed E-state index contributed by atoms with van der Waals surface area (Å²) in [6, 6.07) is 27.3. The summed E-state index contributed by atoms with van der Waals surface area (Å²) in [4.78, 5) is 0. The molecule has 0 aliphatic heterocycles. The third kappa shape index (κ3) is 15.8. The molecule has 0 radical (unpaired) electrons. The molecule has 8 aromatic rings. The molecule has 0 unspecified atom stereocenters. The van der Waals surface area contributed by atoms with Crippen LogP contribution in [-0.4, -0.2) is 17.2 Å². The zero-order valence-electron chi connectivity index (χ0n) is 45.1. The molecule has 8 aromatic carbocycles. The van der Waals surface area contributed by atoms with Crippen molar-refractivity contribution in [3.8, 4) is 44.9 Å². The minimum Gasteiger partial charge on any atom is -0.429 e. The molecule has 0 atom stereocenters. The van der Waals surface area contributed by atoms with Gasteiger partial charge in [-0.1, -0.05) is 140 Å². The number of ether oxygens (including phenoxy) is 2. The highest BCUT2D eigenvalue weighted by Crippen LogP contribution is 2.41. The quantitative estimate of drug-likeness (QED) is 0.0554. The molecule has 0 amide bonds. The van der Waals surface area contributed by atoms with Gasteiger partial charge in [0, 0.05) is 39.8 Å². The van der Waals surface area contributed by atoms with Crippen molar-refractivity contribution in [1.29, 1.82) is 0 Å². The van der Waals surface area contributed by atoms with E-state index in [1.807, 2.05) is 36.4 Å². The first kappa shape index (κ1) is 64.7. The topological polar surface area (TPSA) is 58.9 Å². The lowest BCUT2D eigenvalue weighted by atomic mass is 9.79. The molecule has 2 saturated carbocycles. The Labute approximate surface area is 492 Å². The minimum atomic E-state index is -4.74. The second-order valence-corrected chi connectivity index (χ2v) is 21.5. The fraction of sp³-hybridized carbons (Fsp3) is 0.250. The third-order valence-electron chi connectivity index (χ3n) is 14.7. The van der Waals surface area contributed by atoms with Crippen LogP contribution in [0.2, 0.25) is 0 Å². The van der Waals surface area contributed by atoms with Crippen LogP contribution in [0.3, 0.4) is 0 Å². The Morgan fingerprint density at radius 1 is 0.360 bits per heavy atom. The maximum absolute atomic E-state index is 15.1. The summed E-state index contributed by atoms with van der Waals surface area (Å²) in [5.41, 5.74) is 1.27. The maximum atomic E-state index is 15.1. The molecular formula is C64H50BBrF16O4. The molecule has 2 N–H and O–H groups in total. The molecule has 2 aliphatic carbocycles. The fourth-order valence-electron chi connectivity index (χ4n) is 10.4. The zero-order chi connectivity index (χ0) is 62.2. The predicted octanol–water partition coefficient (Wildman–Crippen LogP) is 19.3. The summed E-state index contributed by atoms with van der Waals surface area (Å²) >= 11 is 2.70. The summed E-state index contributed by atoms with van der Waals surface area (Å²) in [6.07, 6.45) is 5.65. The molecule has 4 nitrogen and oxygen atoms in total. The van der Waals surface area contributed by atoms with E-state index < -0.39 is 112 Å². The maximum Gasteiger partial charge on any atom is 0.491 e. The highest BCUT2D eigenvalue weighted by atomic mass is 79.9. The Morgan fingerprint density at radius 2 is 0.686 bits per heavy atom. The van der Waals surface area contributed by atoms with Crippen molar-refractivity contribution >= 4 is 28.5 Å². The predicted molar refractivity (Wildman–Crippen MR) is 295 cm³/mol. The first-order chi connectivity index (χ1) is 40.8. The lowest BCUT2D eigenvalue weighted by Gasteiger charge is -2.20. The van der Waals surface area contributed by atoms with E-state index in [1.54, 1.807) is 12.1 Å². The highest BCUT2D eigenvalue weighted by Gasteiger charge is 2.43. The molecule has 452 valence electrons. The number of benzene rings is 8. The van der Waals surface area contributed by atoms with E-state index in [0.29, 0.717) is 41.7 Å². The van der Waals surface area contributed by atoms with Crippen molar-refractivity contribution in [2.75, 3.05) is 0 Å². The molecule has 0 spiro atoms. The Bertz CT molecular complexity index is 3570. The van der Waals surface area contributed by atoms with Gasteiger partial charge in [0.05, 0.1) is 0 Å². The molecule has 2 aliphatic rings. The van der Waals surface area contributed by atoms with Gasteiger partial charge in [0.15, 0.2) is 34.9 Å². The summed E-state index contributed by atoms with van der Waals surface area (Å²) in [5.74, 6) is -20.5. The third-order valence-corrected chi connectivity index (χ3v) is 15.2. The normalized spacial score (nSPS) is 14.3. The van der Waals surface area contributed by atoms with Gasteiger partial charge in [-0.25, -0.2) is 52.7 Å². The molecule has 0 aromatic heterocycles. The number of halogens is 17. The largest absolute Gasteiger partial charge is 0.491 e. The zero-order valence-corrected chi connectivity index (χ0v) is 46.6. The van der Waals surface area contributed by atoms with Crippen molar-refractivity contribution in [2.45, 2.75) is 101 Å². The Morgan fingerprint density at radius 3 is 1.03 bits per heavy atom. The van der Waals surface area contributed by atoms with E-state index in [1.165, 1.54) is 99.6 Å². The molecule has 0 saturated heterocycles. The summed E-state index contributed by atoms with van der Waals surface area (Å²) in [6.45, 7) is 0. The average molecular weight is 1280 g/mol. The van der Waals surface area contributed by atoms with Gasteiger partial charge in [-0.2, -0.15) is 17.6 Å². The monoisotopic (exact) mass is 1280 g/mol. The van der Waals surface area contributed by atoms with Crippen molar-refractivity contribution in [1.82, 2.24) is 0 Å². The Balaban J connectivity index is 0.000000181. The van der Waals surface area contributed by atoms with Gasteiger partial charge in [-0.15, -0.1) is 0 Å². The van der Waals surface area contributed by atoms with Crippen LogP contribution < -0.4 is 14.9 Å². The molecule has 10 rings (SSSR count). The Kier molecular flexibility index (Phi) is 21.1. The molecule has 86 heavy (non-hydrogen) atoms. The minimum absolute atomic E-state index is 0.0937. The van der Waals surface area contributed by atoms with Crippen LogP contribution in [0, 0.1) is 69.8 Å². The SMILES string of the molecule is Fc1cc(-c2ccc(C3CCCCCC3)cc2)ccc1-c1cc(F)c(C(F)(F)Oc2cc(F)c(F)c(F)c2)c(F)c1.Fc1cc(OC(F)(F)c2c(F)cc(Br)cc2F)cc(F)c1F.OB(O)c1ccc(-c2ccc(C3CCCCCC3)cc2)cc1F. The van der Waals surface area contributed by atoms with Crippen molar-refractivity contribution in [3.05, 3.63) is 230 Å². The summed E-state index contributed by atoms with van der Waals surface area (Å²) in [5, 5.41) is 18.2. The van der Waals surface area contributed by atoms with E-state index in [-0.39, 0.29) is 45.3 Å². The van der Waals surface area contributed by atoms with E-state index in [2.05, 4.69) is 37.5 Å². The second-order valence-electron chi connectivity index (χ2n) is 20.6. The van der Waals surface area contributed by atoms with Crippen LogP contribution >= 0.6 is 15.9 Å².